The average Bonchev–Trinajstić information content (AvgIpc) is 2.50. The third-order valence-corrected chi connectivity index (χ3v) is 4.54. The van der Waals surface area contributed by atoms with E-state index in [1.54, 1.807) is 0 Å². The van der Waals surface area contributed by atoms with E-state index in [9.17, 15) is 0 Å². The molecule has 0 atom stereocenters. The largest absolute Gasteiger partial charge is 0.294 e. The molecular weight excluding hydrogens is 269 g/mol. The molecule has 1 aliphatic rings. The molecule has 0 radical (unpaired) electrons. The molecular formula is C13H21Cl2N3. The maximum absolute atomic E-state index is 6.32. The first-order valence-electron chi connectivity index (χ1n) is 6.61. The fourth-order valence-electron chi connectivity index (χ4n) is 2.45. The molecule has 1 aromatic rings. The van der Waals surface area contributed by atoms with Gasteiger partial charge in [-0.15, -0.1) is 11.6 Å². The summed E-state index contributed by atoms with van der Waals surface area (Å²) in [6.45, 7) is 3.89. The van der Waals surface area contributed by atoms with Crippen molar-refractivity contribution in [2.75, 3.05) is 12.4 Å². The summed E-state index contributed by atoms with van der Waals surface area (Å²) < 4.78 is 1.91. The summed E-state index contributed by atoms with van der Waals surface area (Å²) in [7, 11) is 1.97. The van der Waals surface area contributed by atoms with E-state index in [1.807, 2.05) is 18.7 Å². The van der Waals surface area contributed by atoms with Crippen LogP contribution in [0.4, 0.5) is 0 Å². The zero-order chi connectivity index (χ0) is 13.1. The maximum atomic E-state index is 6.32. The second-order valence-electron chi connectivity index (χ2n) is 5.07. The number of nitrogens with zero attached hydrogens (tertiary/aromatic N) is 3. The van der Waals surface area contributed by atoms with Crippen LogP contribution in [-0.4, -0.2) is 33.1 Å². The van der Waals surface area contributed by atoms with E-state index in [-0.39, 0.29) is 0 Å². The molecule has 102 valence electrons. The molecule has 1 aromatic heterocycles. The lowest BCUT2D eigenvalue weighted by atomic mass is 9.91. The van der Waals surface area contributed by atoms with Crippen molar-refractivity contribution in [1.29, 1.82) is 0 Å². The summed E-state index contributed by atoms with van der Waals surface area (Å²) in [5, 5.41) is 5.19. The summed E-state index contributed by atoms with van der Waals surface area (Å²) >= 11 is 12.1. The smallest absolute Gasteiger partial charge is 0.0860 e. The monoisotopic (exact) mass is 289 g/mol. The topological polar surface area (TPSA) is 21.1 Å². The first kappa shape index (κ1) is 14.2. The molecule has 2 rings (SSSR count). The molecule has 1 aliphatic carbocycles. The third kappa shape index (κ3) is 3.01. The van der Waals surface area contributed by atoms with Gasteiger partial charge in [0.05, 0.1) is 16.4 Å². The second kappa shape index (κ2) is 6.27. The van der Waals surface area contributed by atoms with Gasteiger partial charge in [-0.1, -0.05) is 18.0 Å². The lowest BCUT2D eigenvalue weighted by Gasteiger charge is -2.37. The summed E-state index contributed by atoms with van der Waals surface area (Å²) in [5.74, 6) is 0.724. The Morgan fingerprint density at radius 2 is 2.17 bits per heavy atom. The fourth-order valence-corrected chi connectivity index (χ4v) is 2.79. The van der Waals surface area contributed by atoms with Crippen LogP contribution in [0.15, 0.2) is 0 Å². The van der Waals surface area contributed by atoms with Crippen molar-refractivity contribution in [3.8, 4) is 0 Å². The number of halogens is 2. The molecule has 0 amide bonds. The van der Waals surface area contributed by atoms with Gasteiger partial charge in [0.1, 0.15) is 0 Å². The van der Waals surface area contributed by atoms with E-state index in [1.165, 1.54) is 19.3 Å². The third-order valence-electron chi connectivity index (χ3n) is 3.78. The van der Waals surface area contributed by atoms with Crippen molar-refractivity contribution >= 4 is 23.2 Å². The molecule has 1 heterocycles. The Balaban J connectivity index is 2.07. The Labute approximate surface area is 119 Å². The van der Waals surface area contributed by atoms with Gasteiger partial charge in [-0.3, -0.25) is 9.58 Å². The number of aryl methyl sites for hydroxylation is 2. The van der Waals surface area contributed by atoms with Crippen LogP contribution in [0.2, 0.25) is 5.02 Å². The van der Waals surface area contributed by atoms with E-state index in [0.29, 0.717) is 6.04 Å². The van der Waals surface area contributed by atoms with Gasteiger partial charge >= 0.3 is 0 Å². The number of rotatable bonds is 6. The van der Waals surface area contributed by atoms with Gasteiger partial charge in [0, 0.05) is 25.5 Å². The molecule has 0 aromatic carbocycles. The molecule has 1 fully saturated rings. The summed E-state index contributed by atoms with van der Waals surface area (Å²) in [5.41, 5.74) is 2.04. The van der Waals surface area contributed by atoms with E-state index >= 15 is 0 Å². The van der Waals surface area contributed by atoms with Crippen molar-refractivity contribution in [3.05, 3.63) is 16.4 Å². The predicted molar refractivity (Wildman–Crippen MR) is 76.3 cm³/mol. The lowest BCUT2D eigenvalue weighted by molar-refractivity contribution is 0.117. The molecule has 0 aliphatic heterocycles. The average molecular weight is 290 g/mol. The molecule has 18 heavy (non-hydrogen) atoms. The molecule has 5 heteroatoms. The lowest BCUT2D eigenvalue weighted by Crippen LogP contribution is -2.40. The minimum absolute atomic E-state index is 0.708. The number of hydrogen-bond donors (Lipinski definition) is 0. The number of aromatic nitrogens is 2. The first-order chi connectivity index (χ1) is 8.63. The van der Waals surface area contributed by atoms with Gasteiger partial charge in [-0.2, -0.15) is 5.10 Å². The van der Waals surface area contributed by atoms with Gasteiger partial charge in [-0.05, 0) is 32.7 Å². The van der Waals surface area contributed by atoms with Crippen LogP contribution in [0.1, 0.15) is 37.1 Å². The highest BCUT2D eigenvalue weighted by atomic mass is 35.5. The molecule has 0 N–H and O–H groups in total. The van der Waals surface area contributed by atoms with Crippen LogP contribution in [0.5, 0.6) is 0 Å². The van der Waals surface area contributed by atoms with Crippen LogP contribution in [0.25, 0.3) is 0 Å². The van der Waals surface area contributed by atoms with Crippen LogP contribution >= 0.6 is 23.2 Å². The van der Waals surface area contributed by atoms with E-state index in [2.05, 4.69) is 10.00 Å². The van der Waals surface area contributed by atoms with Crippen molar-refractivity contribution in [3.63, 3.8) is 0 Å². The van der Waals surface area contributed by atoms with Gasteiger partial charge < -0.3 is 0 Å². The van der Waals surface area contributed by atoms with Crippen LogP contribution < -0.4 is 0 Å². The molecule has 1 saturated carbocycles. The van der Waals surface area contributed by atoms with Gasteiger partial charge in [-0.25, -0.2) is 0 Å². The zero-order valence-corrected chi connectivity index (χ0v) is 12.6. The minimum atomic E-state index is 0.708. The van der Waals surface area contributed by atoms with Gasteiger partial charge in [0.25, 0.3) is 0 Å². The van der Waals surface area contributed by atoms with E-state index in [0.717, 1.165) is 41.8 Å². The van der Waals surface area contributed by atoms with Crippen molar-refractivity contribution < 1.29 is 0 Å². The Kier molecular flexibility index (Phi) is 4.93. The van der Waals surface area contributed by atoms with Gasteiger partial charge in [0.15, 0.2) is 0 Å². The molecule has 3 nitrogen and oxygen atoms in total. The number of alkyl halides is 1. The highest BCUT2D eigenvalue weighted by molar-refractivity contribution is 6.31. The van der Waals surface area contributed by atoms with Gasteiger partial charge in [0.2, 0.25) is 0 Å². The SMILES string of the molecule is Cc1nn(C)c(CN(CCCCl)C2CCC2)c1Cl. The summed E-state index contributed by atoms with van der Waals surface area (Å²) in [6.07, 6.45) is 4.99. The summed E-state index contributed by atoms with van der Waals surface area (Å²) in [4.78, 5) is 2.51. The van der Waals surface area contributed by atoms with E-state index in [4.69, 9.17) is 23.2 Å². The molecule has 0 spiro atoms. The molecule has 0 unspecified atom stereocenters. The normalized spacial score (nSPS) is 16.3. The van der Waals surface area contributed by atoms with Crippen LogP contribution in [0, 0.1) is 6.92 Å². The Bertz CT molecular complexity index is 399. The van der Waals surface area contributed by atoms with Crippen LogP contribution in [0.3, 0.4) is 0 Å². The van der Waals surface area contributed by atoms with Crippen molar-refractivity contribution in [1.82, 2.24) is 14.7 Å². The Hall–Kier alpha value is -0.250. The molecule has 0 bridgehead atoms. The first-order valence-corrected chi connectivity index (χ1v) is 7.52. The second-order valence-corrected chi connectivity index (χ2v) is 5.82. The zero-order valence-electron chi connectivity index (χ0n) is 11.1. The standard InChI is InChI=1S/C13H21Cl2N3/c1-10-13(15)12(17(2)16-10)9-18(8-4-7-14)11-5-3-6-11/h11H,3-9H2,1-2H3. The van der Waals surface area contributed by atoms with Crippen LogP contribution in [-0.2, 0) is 13.6 Å². The molecule has 0 saturated heterocycles. The minimum Gasteiger partial charge on any atom is -0.294 e. The quantitative estimate of drug-likeness (QED) is 0.749. The number of hydrogen-bond acceptors (Lipinski definition) is 2. The van der Waals surface area contributed by atoms with Crippen molar-refractivity contribution in [2.45, 2.75) is 45.2 Å². The van der Waals surface area contributed by atoms with E-state index < -0.39 is 0 Å². The fraction of sp³-hybridized carbons (Fsp3) is 0.769. The maximum Gasteiger partial charge on any atom is 0.0860 e. The summed E-state index contributed by atoms with van der Waals surface area (Å²) in [6, 6.07) is 0.708. The predicted octanol–water partition coefficient (Wildman–Crippen LogP) is 3.37. The Morgan fingerprint density at radius 1 is 1.44 bits per heavy atom. The highest BCUT2D eigenvalue weighted by Gasteiger charge is 2.26. The van der Waals surface area contributed by atoms with Crippen molar-refractivity contribution in [2.24, 2.45) is 7.05 Å². The Morgan fingerprint density at radius 3 is 2.61 bits per heavy atom. The highest BCUT2D eigenvalue weighted by Crippen LogP contribution is 2.28.